The first-order valence-corrected chi connectivity index (χ1v) is 15.8. The van der Waals surface area contributed by atoms with E-state index >= 15 is 0 Å². The Morgan fingerprint density at radius 3 is 2.59 bits per heavy atom. The summed E-state index contributed by atoms with van der Waals surface area (Å²) in [5.74, 6) is 0.175. The number of rotatable bonds is 10. The number of amides is 1. The van der Waals surface area contributed by atoms with Crippen LogP contribution in [0.4, 0.5) is 5.69 Å². The molecule has 1 aliphatic rings. The highest BCUT2D eigenvalue weighted by molar-refractivity contribution is 7.89. The third kappa shape index (κ3) is 6.53. The Labute approximate surface area is 234 Å². The van der Waals surface area contributed by atoms with Crippen LogP contribution in [0.5, 0.6) is 0 Å². The van der Waals surface area contributed by atoms with Gasteiger partial charge in [-0.1, -0.05) is 26.0 Å². The highest BCUT2D eigenvalue weighted by atomic mass is 32.2. The lowest BCUT2D eigenvalue weighted by atomic mass is 9.94. The van der Waals surface area contributed by atoms with Gasteiger partial charge in [0.25, 0.3) is 5.56 Å². The van der Waals surface area contributed by atoms with E-state index in [9.17, 15) is 18.0 Å². The molecule has 1 N–H and O–H groups in total. The third-order valence-electron chi connectivity index (χ3n) is 7.22. The van der Waals surface area contributed by atoms with E-state index in [0.717, 1.165) is 31.6 Å². The van der Waals surface area contributed by atoms with E-state index in [0.29, 0.717) is 29.3 Å². The highest BCUT2D eigenvalue weighted by Gasteiger charge is 2.35. The molecule has 3 heterocycles. The van der Waals surface area contributed by atoms with Crippen LogP contribution < -0.4 is 15.8 Å². The zero-order chi connectivity index (χ0) is 28.3. The number of piperidine rings is 1. The summed E-state index contributed by atoms with van der Waals surface area (Å²) in [5, 5.41) is 2.96. The van der Waals surface area contributed by atoms with Crippen molar-refractivity contribution in [3.8, 4) is 0 Å². The second-order valence-corrected chi connectivity index (χ2v) is 13.8. The van der Waals surface area contributed by atoms with Gasteiger partial charge >= 0.3 is 0 Å². The quantitative estimate of drug-likeness (QED) is 0.370. The van der Waals surface area contributed by atoms with Crippen LogP contribution >= 0.6 is 11.3 Å². The number of fused-ring (bicyclic) bond motifs is 1. The number of carbonyl (C=O) groups is 1. The molecule has 1 saturated heterocycles. The Hall–Kier alpha value is -2.76. The van der Waals surface area contributed by atoms with E-state index < -0.39 is 15.6 Å². The van der Waals surface area contributed by atoms with Crippen LogP contribution in [0.25, 0.3) is 10.2 Å². The Balaban J connectivity index is 1.45. The third-order valence-corrected chi connectivity index (χ3v) is 10.4. The number of anilines is 1. The second-order valence-electron chi connectivity index (χ2n) is 10.7. The molecule has 0 saturated carbocycles. The molecule has 0 aliphatic carbocycles. The van der Waals surface area contributed by atoms with Crippen LogP contribution in [0, 0.1) is 25.7 Å². The average molecular weight is 574 g/mol. The highest BCUT2D eigenvalue weighted by Crippen LogP contribution is 2.35. The van der Waals surface area contributed by atoms with Crippen LogP contribution in [0.3, 0.4) is 0 Å². The Bertz CT molecular complexity index is 1490. The standard InChI is InChI=1S/C28H39N5O4S2/c1-6-31(23-10-7-9-19(2)14-23)12-8-11-29-24(34)17-32-18-30-27-25(28(32)35)26(22(5)38-27)39(36,37)33-15-20(3)13-21(4)16-33/h7,9-10,14,18,20-21H,6,8,11-13,15-17H2,1-5H3,(H,29,34)/t20-,21-/m1/s1. The maximum absolute atomic E-state index is 13.7. The molecule has 4 rings (SSSR count). The molecule has 1 aromatic carbocycles. The van der Waals surface area contributed by atoms with Crippen molar-refractivity contribution in [2.24, 2.45) is 11.8 Å². The summed E-state index contributed by atoms with van der Waals surface area (Å²) in [6, 6.07) is 8.33. The maximum atomic E-state index is 13.7. The first kappa shape index (κ1) is 29.2. The minimum atomic E-state index is -3.88. The van der Waals surface area contributed by atoms with E-state index in [-0.39, 0.29) is 34.6 Å². The van der Waals surface area contributed by atoms with Crippen molar-refractivity contribution in [3.05, 3.63) is 51.4 Å². The summed E-state index contributed by atoms with van der Waals surface area (Å²) < 4.78 is 30.1. The normalized spacial score (nSPS) is 18.4. The summed E-state index contributed by atoms with van der Waals surface area (Å²) in [4.78, 5) is 33.7. The fourth-order valence-corrected chi connectivity index (χ4v) is 8.82. The molecule has 2 aromatic heterocycles. The number of thiophene rings is 1. The fourth-order valence-electron chi connectivity index (χ4n) is 5.47. The van der Waals surface area contributed by atoms with E-state index in [2.05, 4.69) is 47.2 Å². The van der Waals surface area contributed by atoms with Crippen molar-refractivity contribution in [1.82, 2.24) is 19.2 Å². The molecule has 0 spiro atoms. The molecule has 2 atom stereocenters. The van der Waals surface area contributed by atoms with Gasteiger partial charge in [0.15, 0.2) is 0 Å². The molecule has 11 heteroatoms. The van der Waals surface area contributed by atoms with Crippen LogP contribution in [0.2, 0.25) is 0 Å². The Morgan fingerprint density at radius 2 is 1.92 bits per heavy atom. The first-order chi connectivity index (χ1) is 18.5. The van der Waals surface area contributed by atoms with Gasteiger partial charge in [0.2, 0.25) is 15.9 Å². The van der Waals surface area contributed by atoms with Crippen LogP contribution in [-0.4, -0.2) is 60.9 Å². The van der Waals surface area contributed by atoms with Crippen LogP contribution in [0.15, 0.2) is 40.3 Å². The number of nitrogens with zero attached hydrogens (tertiary/aromatic N) is 4. The maximum Gasteiger partial charge on any atom is 0.263 e. The van der Waals surface area contributed by atoms with Gasteiger partial charge in [-0.2, -0.15) is 4.31 Å². The molecule has 1 fully saturated rings. The van der Waals surface area contributed by atoms with Crippen LogP contribution in [0.1, 0.15) is 44.1 Å². The fraction of sp³-hybridized carbons (Fsp3) is 0.536. The van der Waals surface area contributed by atoms with Gasteiger partial charge in [-0.05, 0) is 63.1 Å². The van der Waals surface area contributed by atoms with Gasteiger partial charge in [-0.15, -0.1) is 11.3 Å². The molecule has 1 aliphatic heterocycles. The number of sulfonamides is 1. The van der Waals surface area contributed by atoms with Gasteiger partial charge < -0.3 is 10.2 Å². The SMILES string of the molecule is CCN(CCCNC(=O)Cn1cnc2sc(C)c(S(=O)(=O)N3C[C@H](C)C[C@@H](C)C3)c2c1=O)c1cccc(C)c1. The van der Waals surface area contributed by atoms with Crippen molar-refractivity contribution in [2.75, 3.05) is 37.6 Å². The molecule has 39 heavy (non-hydrogen) atoms. The van der Waals surface area contributed by atoms with Crippen molar-refractivity contribution in [1.29, 1.82) is 0 Å². The van der Waals surface area contributed by atoms with Gasteiger partial charge in [-0.25, -0.2) is 13.4 Å². The number of nitrogens with one attached hydrogen (secondary N) is 1. The first-order valence-electron chi connectivity index (χ1n) is 13.6. The van der Waals surface area contributed by atoms with Crippen molar-refractivity contribution >= 4 is 43.2 Å². The smallest absolute Gasteiger partial charge is 0.263 e. The van der Waals surface area contributed by atoms with Gasteiger partial charge in [0.05, 0.1) is 11.7 Å². The number of aromatic nitrogens is 2. The molecular weight excluding hydrogens is 534 g/mol. The summed E-state index contributed by atoms with van der Waals surface area (Å²) in [6.45, 7) is 12.7. The second kappa shape index (κ2) is 12.2. The van der Waals surface area contributed by atoms with E-state index in [4.69, 9.17) is 0 Å². The van der Waals surface area contributed by atoms with E-state index in [1.807, 2.05) is 19.9 Å². The summed E-state index contributed by atoms with van der Waals surface area (Å²) in [6.07, 6.45) is 3.05. The largest absolute Gasteiger partial charge is 0.372 e. The summed E-state index contributed by atoms with van der Waals surface area (Å²) in [5.41, 5.74) is 1.85. The van der Waals surface area contributed by atoms with E-state index in [1.165, 1.54) is 32.1 Å². The number of benzene rings is 1. The Kier molecular flexibility index (Phi) is 9.13. The lowest BCUT2D eigenvalue weighted by molar-refractivity contribution is -0.121. The molecule has 3 aromatic rings. The number of carbonyl (C=O) groups excluding carboxylic acids is 1. The van der Waals surface area contributed by atoms with E-state index in [1.54, 1.807) is 6.92 Å². The zero-order valence-corrected chi connectivity index (χ0v) is 25.1. The molecular formula is C28H39N5O4S2. The average Bonchev–Trinajstić information content (AvgIpc) is 3.22. The lowest BCUT2D eigenvalue weighted by Gasteiger charge is -2.34. The van der Waals surface area contributed by atoms with Gasteiger partial charge in [-0.3, -0.25) is 14.2 Å². The number of hydrogen-bond donors (Lipinski definition) is 1. The van der Waals surface area contributed by atoms with Crippen molar-refractivity contribution in [3.63, 3.8) is 0 Å². The number of hydrogen-bond acceptors (Lipinski definition) is 7. The summed E-state index contributed by atoms with van der Waals surface area (Å²) >= 11 is 1.20. The lowest BCUT2D eigenvalue weighted by Crippen LogP contribution is -2.43. The molecule has 9 nitrogen and oxygen atoms in total. The molecule has 0 bridgehead atoms. The zero-order valence-electron chi connectivity index (χ0n) is 23.4. The Morgan fingerprint density at radius 1 is 1.21 bits per heavy atom. The topological polar surface area (TPSA) is 105 Å². The van der Waals surface area contributed by atoms with Crippen molar-refractivity contribution < 1.29 is 13.2 Å². The predicted molar refractivity (Wildman–Crippen MR) is 157 cm³/mol. The van der Waals surface area contributed by atoms with Crippen molar-refractivity contribution in [2.45, 2.75) is 58.9 Å². The van der Waals surface area contributed by atoms with Gasteiger partial charge in [0.1, 0.15) is 16.3 Å². The molecule has 1 amide bonds. The summed E-state index contributed by atoms with van der Waals surface area (Å²) in [7, 11) is -3.88. The van der Waals surface area contributed by atoms with Crippen LogP contribution in [-0.2, 0) is 21.4 Å². The molecule has 0 unspecified atom stereocenters. The minimum Gasteiger partial charge on any atom is -0.372 e. The molecule has 212 valence electrons. The minimum absolute atomic E-state index is 0.0341. The van der Waals surface area contributed by atoms with Gasteiger partial charge in [0, 0.05) is 43.3 Å². The molecule has 0 radical (unpaired) electrons. The monoisotopic (exact) mass is 573 g/mol. The predicted octanol–water partition coefficient (Wildman–Crippen LogP) is 3.77. The number of aryl methyl sites for hydroxylation is 2.